The molecule has 4 aliphatic heterocycles. The van der Waals surface area contributed by atoms with E-state index < -0.39 is 101 Å². The van der Waals surface area contributed by atoms with E-state index in [-0.39, 0.29) is 92.8 Å². The van der Waals surface area contributed by atoms with Gasteiger partial charge in [0.25, 0.3) is 5.91 Å². The molecule has 0 aromatic heterocycles. The highest BCUT2D eigenvalue weighted by molar-refractivity contribution is 9.09. The van der Waals surface area contributed by atoms with E-state index in [1.807, 2.05) is 64.7 Å². The van der Waals surface area contributed by atoms with Crippen LogP contribution >= 0.6 is 43.5 Å². The van der Waals surface area contributed by atoms with Crippen LogP contribution in [0.2, 0.25) is 5.02 Å². The van der Waals surface area contributed by atoms with Crippen LogP contribution in [0.5, 0.6) is 0 Å². The van der Waals surface area contributed by atoms with Gasteiger partial charge in [-0.25, -0.2) is 9.59 Å². The van der Waals surface area contributed by atoms with Crippen molar-refractivity contribution in [1.29, 1.82) is 0 Å². The largest absolute Gasteiger partial charge is 0.462 e. The quantitative estimate of drug-likeness (QED) is 0.0214. The smallest absolute Gasteiger partial charge is 0.328 e. The van der Waals surface area contributed by atoms with E-state index in [0.717, 1.165) is 16.7 Å². The Morgan fingerprint density at radius 1 is 0.979 bits per heavy atom. The molecular weight excluding hydrogens is 1360 g/mol. The summed E-state index contributed by atoms with van der Waals surface area (Å²) in [5.74, 6) is -5.74. The number of anilines is 2. The summed E-state index contributed by atoms with van der Waals surface area (Å²) in [6.45, 7) is 17.8. The summed E-state index contributed by atoms with van der Waals surface area (Å²) in [6, 6.07) is 5.62. The van der Waals surface area contributed by atoms with Crippen molar-refractivity contribution in [3.63, 3.8) is 0 Å². The first kappa shape index (κ1) is 77.2. The van der Waals surface area contributed by atoms with E-state index in [2.05, 4.69) is 42.5 Å². The topological polar surface area (TPSA) is 292 Å². The summed E-state index contributed by atoms with van der Waals surface area (Å²) in [7, 11) is 4.50. The number of amides is 5. The number of aryl methyl sites for hydroxylation is 1. The maximum Gasteiger partial charge on any atom is 0.328 e. The number of benzene rings is 2. The molecule has 10 atom stereocenters. The number of epoxide rings is 1. The van der Waals surface area contributed by atoms with Crippen LogP contribution in [0.25, 0.3) is 0 Å². The van der Waals surface area contributed by atoms with E-state index in [0.29, 0.717) is 84.6 Å². The number of ether oxygens (including phenoxy) is 6. The number of unbranched alkanes of at least 4 members (excludes halogenated alkanes) is 1. The monoisotopic (exact) mass is 1460 g/mol. The van der Waals surface area contributed by atoms with E-state index in [4.69, 9.17) is 45.8 Å². The third-order valence-electron chi connectivity index (χ3n) is 18.6. The Bertz CT molecular complexity index is 3130. The molecule has 0 spiro atoms. The number of Topliss-reactive ketones (excluding diaryl/α,β-unsaturated/α-hetero) is 2. The number of nitrogens with one attached hydrogen (secondary N) is 2. The van der Waals surface area contributed by atoms with Gasteiger partial charge in [-0.1, -0.05) is 100 Å². The second-order valence-corrected chi connectivity index (χ2v) is 28.5. The van der Waals surface area contributed by atoms with Gasteiger partial charge in [0.05, 0.1) is 54.8 Å². The van der Waals surface area contributed by atoms with Crippen molar-refractivity contribution in [1.82, 2.24) is 15.5 Å². The minimum Gasteiger partial charge on any atom is -0.462 e. The van der Waals surface area contributed by atoms with Crippen LogP contribution in [0.4, 0.5) is 16.2 Å². The third-order valence-corrected chi connectivity index (χ3v) is 20.6. The predicted molar refractivity (Wildman–Crippen MR) is 364 cm³/mol. The molecule has 0 radical (unpaired) electrons. The zero-order valence-corrected chi connectivity index (χ0v) is 60.4. The first-order valence-corrected chi connectivity index (χ1v) is 35.1. The molecule has 2 aromatic rings. The molecule has 4 heterocycles. The molecular formula is C69H97Br2ClN6O16. The molecule has 6 rings (SSSR count). The fraction of sp³-hybridized carbons (Fsp3) is 0.638. The lowest BCUT2D eigenvalue weighted by molar-refractivity contribution is -0.187. The predicted octanol–water partition coefficient (Wildman–Crippen LogP) is 8.78. The standard InChI is InChI=1S/C69H97Br2ClN6O16/c1-40(2)50(34-49(79)18-13-14-23-67(7,8)94-65(86)48(38-70)39-71)62(83)75-51(19-16-24-74-66(73)87)54(80)33-46-21-22-47(32-52(46)78-25-27-90-28-26-78)63(84)76(10)44(6)64(85)92-57-35-58(81)77(11)53-31-45(30-42(4)60(53)72)29-41(3)17-15-20-56(89-12)69(88)36-55(91-59(82)37-69)43(5)61-68(57,9)93-61/h15,17,20-22,30-32,40,43-44,48,50-51,55-57,61,88H,13-14,16,18-19,23-29,33-39H2,1-12H3,(H,75,83)(H3,73,74,87)/b20-15+,41-17+/t43-,44+,50+,51+,55+,56-,57+,61+,68+,69-/m1/s1. The highest BCUT2D eigenvalue weighted by atomic mass is 79.9. The summed E-state index contributed by atoms with van der Waals surface area (Å²) < 4.78 is 35.9. The van der Waals surface area contributed by atoms with Gasteiger partial charge in [0.15, 0.2) is 5.78 Å². The maximum absolute atomic E-state index is 14.7. The number of urea groups is 1. The molecule has 22 nitrogen and oxygen atoms in total. The van der Waals surface area contributed by atoms with Gasteiger partial charge in [-0.2, -0.15) is 0 Å². The number of ketones is 2. The SMILES string of the molecule is CO[C@@H]1/C=C/C=C(\C)Cc2cc(C)c(Cl)c(c2)N(C)C(=O)C[C@H](OC(=O)[C@H](C)N(C)C(=O)c2ccc(CC(=O)[C@H](CCCNC(N)=O)NC(=O)[C@@H](CC(=O)CCCCC(C)(C)OC(=O)C(CBr)CBr)C(C)C)c(N3CCOCC3)c2)[C@]2(C)O[C@H]2[C@H](C)[C@@H]2C[C@@]1(O)CC(=O)O2. The number of methoxy groups -OCH3 is 1. The lowest BCUT2D eigenvalue weighted by Gasteiger charge is -2.41. The van der Waals surface area contributed by atoms with Gasteiger partial charge in [-0.3, -0.25) is 33.6 Å². The number of carbonyl (C=O) groups excluding carboxylic acids is 9. The highest BCUT2D eigenvalue weighted by Gasteiger charge is 2.64. The van der Waals surface area contributed by atoms with Crippen molar-refractivity contribution in [3.8, 4) is 0 Å². The average molecular weight is 1460 g/mol. The molecule has 4 bridgehead atoms. The summed E-state index contributed by atoms with van der Waals surface area (Å²) >= 11 is 13.6. The average Bonchev–Trinajstić information content (AvgIpc) is 1.57. The first-order valence-electron chi connectivity index (χ1n) is 32.4. The summed E-state index contributed by atoms with van der Waals surface area (Å²) in [4.78, 5) is 129. The van der Waals surface area contributed by atoms with Crippen LogP contribution in [0.3, 0.4) is 0 Å². The molecule has 2 aromatic carbocycles. The number of likely N-dealkylation sites (N-methyl/N-ethyl adjacent to an activating group) is 1. The van der Waals surface area contributed by atoms with Crippen LogP contribution in [-0.4, -0.2) is 181 Å². The number of primary amides is 1. The van der Waals surface area contributed by atoms with Crippen LogP contribution in [0, 0.1) is 30.6 Å². The fourth-order valence-corrected chi connectivity index (χ4v) is 14.3. The van der Waals surface area contributed by atoms with E-state index in [9.17, 15) is 48.3 Å². The van der Waals surface area contributed by atoms with Crippen molar-refractivity contribution >= 4 is 108 Å². The number of carbonyl (C=O) groups is 9. The van der Waals surface area contributed by atoms with E-state index >= 15 is 0 Å². The van der Waals surface area contributed by atoms with Gasteiger partial charge in [0, 0.05) is 100 Å². The second-order valence-electron chi connectivity index (χ2n) is 26.8. The van der Waals surface area contributed by atoms with Gasteiger partial charge in [-0.15, -0.1) is 0 Å². The van der Waals surface area contributed by atoms with Crippen molar-refractivity contribution in [2.75, 3.05) is 74.5 Å². The molecule has 0 unspecified atom stereocenters. The van der Waals surface area contributed by atoms with E-state index in [1.54, 1.807) is 51.2 Å². The van der Waals surface area contributed by atoms with Gasteiger partial charge in [-0.05, 0) is 121 Å². The number of rotatable bonds is 27. The van der Waals surface area contributed by atoms with Gasteiger partial charge < -0.3 is 64.6 Å². The summed E-state index contributed by atoms with van der Waals surface area (Å²) in [6.07, 6.45) is 3.43. The molecule has 3 saturated heterocycles. The third kappa shape index (κ3) is 20.6. The fourth-order valence-electron chi connectivity index (χ4n) is 12.5. The number of alkyl halides is 2. The zero-order chi connectivity index (χ0) is 69.6. The number of halogens is 3. The Morgan fingerprint density at radius 2 is 1.67 bits per heavy atom. The van der Waals surface area contributed by atoms with Crippen molar-refractivity contribution in [2.45, 2.75) is 193 Å². The Balaban J connectivity index is 1.21. The van der Waals surface area contributed by atoms with Gasteiger partial charge in [0.1, 0.15) is 46.9 Å². The van der Waals surface area contributed by atoms with Crippen molar-refractivity contribution in [2.24, 2.45) is 29.4 Å². The molecule has 94 heavy (non-hydrogen) atoms. The number of nitrogens with two attached hydrogens (primary N) is 1. The Hall–Kier alpha value is -5.76. The maximum atomic E-state index is 14.7. The van der Waals surface area contributed by atoms with E-state index in [1.165, 1.54) is 30.9 Å². The lowest BCUT2D eigenvalue weighted by Crippen LogP contribution is -2.53. The molecule has 3 fully saturated rings. The Kier molecular flexibility index (Phi) is 28.3. The number of esters is 3. The number of hydrogen-bond acceptors (Lipinski definition) is 17. The van der Waals surface area contributed by atoms with Crippen LogP contribution < -0.4 is 26.2 Å². The molecule has 4 aliphatic rings. The van der Waals surface area contributed by atoms with Crippen molar-refractivity contribution < 1.29 is 76.7 Å². The lowest BCUT2D eigenvalue weighted by atomic mass is 9.78. The summed E-state index contributed by atoms with van der Waals surface area (Å²) in [5, 5.41) is 18.9. The van der Waals surface area contributed by atoms with Gasteiger partial charge in [0.2, 0.25) is 11.8 Å². The number of morpholine rings is 1. The number of hydrogen-bond donors (Lipinski definition) is 4. The summed E-state index contributed by atoms with van der Waals surface area (Å²) in [5.41, 5.74) is 5.89. The van der Waals surface area contributed by atoms with Gasteiger partial charge >= 0.3 is 23.9 Å². The van der Waals surface area contributed by atoms with Crippen LogP contribution in [0.1, 0.15) is 147 Å². The number of fused-ring (bicyclic) bond motifs is 5. The Labute approximate surface area is 575 Å². The Morgan fingerprint density at radius 3 is 2.32 bits per heavy atom. The normalized spacial score (nSPS) is 24.6. The number of nitrogens with zero attached hydrogens (tertiary/aromatic N) is 3. The minimum atomic E-state index is -1.65. The minimum absolute atomic E-state index is 0.00650. The molecule has 520 valence electrons. The number of allylic oxidation sites excluding steroid dienone is 3. The zero-order valence-electron chi connectivity index (χ0n) is 56.5. The molecule has 0 saturated carbocycles. The van der Waals surface area contributed by atoms with Crippen LogP contribution in [0.15, 0.2) is 54.1 Å². The molecule has 25 heteroatoms. The molecule has 0 aliphatic carbocycles. The molecule has 5 N–H and O–H groups in total. The first-order chi connectivity index (χ1) is 44.3. The highest BCUT2D eigenvalue weighted by Crippen LogP contribution is 2.50. The number of aliphatic hydroxyl groups is 1. The molecule has 5 amide bonds. The van der Waals surface area contributed by atoms with Crippen LogP contribution in [-0.2, 0) is 74.8 Å². The van der Waals surface area contributed by atoms with Crippen molar-refractivity contribution in [3.05, 3.63) is 81.4 Å². The second kappa shape index (κ2) is 34.4.